The molecule has 0 aliphatic rings. The Labute approximate surface area is 123 Å². The van der Waals surface area contributed by atoms with Crippen molar-refractivity contribution in [1.29, 1.82) is 0 Å². The van der Waals surface area contributed by atoms with Crippen LogP contribution >= 0.6 is 0 Å². The van der Waals surface area contributed by atoms with E-state index in [0.717, 1.165) is 21.2 Å². The van der Waals surface area contributed by atoms with Crippen LogP contribution in [-0.2, 0) is 6.42 Å². The predicted molar refractivity (Wildman–Crippen MR) is 82.1 cm³/mol. The number of hydrogen-bond donors (Lipinski definition) is 0. The maximum absolute atomic E-state index is 12.5. The molecule has 0 radical (unpaired) electrons. The number of Topliss-reactive ketones (excluding diaryl/α,β-unsaturated/α-hetero) is 1. The van der Waals surface area contributed by atoms with Crippen molar-refractivity contribution in [3.63, 3.8) is 0 Å². The Morgan fingerprint density at radius 3 is 2.62 bits per heavy atom. The van der Waals surface area contributed by atoms with E-state index in [0.29, 0.717) is 11.1 Å². The van der Waals surface area contributed by atoms with Gasteiger partial charge in [0.25, 0.3) is 0 Å². The van der Waals surface area contributed by atoms with Gasteiger partial charge in [-0.2, -0.15) is 4.73 Å². The number of aromatic nitrogens is 1. The highest BCUT2D eigenvalue weighted by Gasteiger charge is 2.15. The molecule has 0 spiro atoms. The molecule has 0 fully saturated rings. The zero-order chi connectivity index (χ0) is 14.8. The Kier molecular flexibility index (Phi) is 3.40. The molecule has 0 unspecified atom stereocenters. The van der Waals surface area contributed by atoms with Crippen LogP contribution < -0.4 is 4.73 Å². The van der Waals surface area contributed by atoms with Crippen LogP contribution in [0.15, 0.2) is 60.8 Å². The van der Waals surface area contributed by atoms with E-state index < -0.39 is 0 Å². The lowest BCUT2D eigenvalue weighted by Crippen LogP contribution is -2.27. The van der Waals surface area contributed by atoms with Gasteiger partial charge in [-0.1, -0.05) is 36.4 Å². The van der Waals surface area contributed by atoms with Crippen molar-refractivity contribution in [3.05, 3.63) is 82.7 Å². The van der Waals surface area contributed by atoms with Crippen LogP contribution in [0.5, 0.6) is 0 Å². The summed E-state index contributed by atoms with van der Waals surface area (Å²) in [6.07, 6.45) is 1.69. The van der Waals surface area contributed by atoms with Crippen LogP contribution in [-0.4, -0.2) is 5.78 Å². The quantitative estimate of drug-likeness (QED) is 0.419. The first kappa shape index (κ1) is 13.3. The lowest BCUT2D eigenvalue weighted by atomic mass is 9.98. The summed E-state index contributed by atoms with van der Waals surface area (Å²) in [5, 5.41) is 12.8. The third-order valence-corrected chi connectivity index (χ3v) is 3.66. The van der Waals surface area contributed by atoms with Gasteiger partial charge in [0.1, 0.15) is 0 Å². The average molecular weight is 277 g/mol. The lowest BCUT2D eigenvalue weighted by Gasteiger charge is -2.08. The van der Waals surface area contributed by atoms with E-state index in [9.17, 15) is 10.0 Å². The molecule has 0 saturated heterocycles. The van der Waals surface area contributed by atoms with Crippen molar-refractivity contribution in [2.75, 3.05) is 0 Å². The van der Waals surface area contributed by atoms with Crippen LogP contribution in [0.25, 0.3) is 10.9 Å². The number of fused-ring (bicyclic) bond motifs is 1. The molecule has 3 nitrogen and oxygen atoms in total. The summed E-state index contributed by atoms with van der Waals surface area (Å²) in [4.78, 5) is 12.5. The van der Waals surface area contributed by atoms with Gasteiger partial charge in [-0.25, -0.2) is 0 Å². The third kappa shape index (κ3) is 2.50. The number of pyridine rings is 1. The lowest BCUT2D eigenvalue weighted by molar-refractivity contribution is -0.577. The van der Waals surface area contributed by atoms with Crippen LogP contribution in [0.2, 0.25) is 0 Å². The van der Waals surface area contributed by atoms with Gasteiger partial charge in [0.05, 0.1) is 0 Å². The number of carbonyl (C=O) groups excluding carboxylic acids is 1. The van der Waals surface area contributed by atoms with E-state index in [2.05, 4.69) is 0 Å². The molecule has 3 aromatic rings. The molecule has 0 aliphatic carbocycles. The average Bonchev–Trinajstić information content (AvgIpc) is 2.48. The molecule has 0 saturated carbocycles. The second-order valence-electron chi connectivity index (χ2n) is 5.10. The number of benzene rings is 2. The molecule has 0 N–H and O–H groups in total. The highest BCUT2D eigenvalue weighted by atomic mass is 16.5. The monoisotopic (exact) mass is 277 g/mol. The summed E-state index contributed by atoms with van der Waals surface area (Å²) in [5.41, 5.74) is 3.00. The maximum Gasteiger partial charge on any atom is 0.227 e. The molecule has 2 aromatic carbocycles. The van der Waals surface area contributed by atoms with Crippen LogP contribution in [0.4, 0.5) is 0 Å². The molecule has 0 amide bonds. The SMILES string of the molecule is Cc1ccccc1C(=O)Cc1cccc2ccc[n+]([O-])c12. The minimum absolute atomic E-state index is 0.0319. The highest BCUT2D eigenvalue weighted by Crippen LogP contribution is 2.18. The zero-order valence-electron chi connectivity index (χ0n) is 11.7. The van der Waals surface area contributed by atoms with E-state index in [1.54, 1.807) is 6.07 Å². The van der Waals surface area contributed by atoms with Crippen LogP contribution in [0, 0.1) is 12.1 Å². The summed E-state index contributed by atoms with van der Waals surface area (Å²) < 4.78 is 0.829. The van der Waals surface area contributed by atoms with Gasteiger partial charge < -0.3 is 5.21 Å². The zero-order valence-corrected chi connectivity index (χ0v) is 11.7. The summed E-state index contributed by atoms with van der Waals surface area (Å²) in [7, 11) is 0. The van der Waals surface area contributed by atoms with Gasteiger partial charge in [0.15, 0.2) is 12.0 Å². The van der Waals surface area contributed by atoms with Gasteiger partial charge in [-0.3, -0.25) is 4.79 Å². The van der Waals surface area contributed by atoms with E-state index in [1.165, 1.54) is 6.20 Å². The van der Waals surface area contributed by atoms with Crippen molar-refractivity contribution < 1.29 is 9.52 Å². The van der Waals surface area contributed by atoms with Crippen LogP contribution in [0.1, 0.15) is 21.5 Å². The van der Waals surface area contributed by atoms with E-state index >= 15 is 0 Å². The maximum atomic E-state index is 12.5. The van der Waals surface area contributed by atoms with E-state index in [4.69, 9.17) is 0 Å². The molecule has 104 valence electrons. The second kappa shape index (κ2) is 5.37. The Balaban J connectivity index is 2.03. The molecular weight excluding hydrogens is 262 g/mol. The molecular formula is C18H15NO2. The van der Waals surface area contributed by atoms with E-state index in [1.807, 2.05) is 55.5 Å². The molecule has 3 rings (SSSR count). The number of para-hydroxylation sites is 1. The molecule has 0 aliphatic heterocycles. The van der Waals surface area contributed by atoms with Crippen molar-refractivity contribution in [2.24, 2.45) is 0 Å². The first-order valence-electron chi connectivity index (χ1n) is 6.85. The third-order valence-electron chi connectivity index (χ3n) is 3.66. The Bertz CT molecular complexity index is 819. The van der Waals surface area contributed by atoms with Crippen molar-refractivity contribution in [1.82, 2.24) is 0 Å². The normalized spacial score (nSPS) is 10.7. The van der Waals surface area contributed by atoms with Gasteiger partial charge in [-0.05, 0) is 24.6 Å². The van der Waals surface area contributed by atoms with Gasteiger partial charge >= 0.3 is 0 Å². The number of nitrogens with zero attached hydrogens (tertiary/aromatic N) is 1. The first-order chi connectivity index (χ1) is 10.2. The van der Waals surface area contributed by atoms with Crippen molar-refractivity contribution >= 4 is 16.7 Å². The smallest absolute Gasteiger partial charge is 0.227 e. The van der Waals surface area contributed by atoms with Gasteiger partial charge in [0.2, 0.25) is 5.52 Å². The first-order valence-corrected chi connectivity index (χ1v) is 6.85. The number of aryl methyl sites for hydroxylation is 1. The molecule has 3 heteroatoms. The van der Waals surface area contributed by atoms with Gasteiger partial charge in [0, 0.05) is 29.0 Å². The molecule has 21 heavy (non-hydrogen) atoms. The summed E-state index contributed by atoms with van der Waals surface area (Å²) in [6, 6.07) is 16.7. The summed E-state index contributed by atoms with van der Waals surface area (Å²) in [6.45, 7) is 1.92. The van der Waals surface area contributed by atoms with Crippen molar-refractivity contribution in [3.8, 4) is 0 Å². The van der Waals surface area contributed by atoms with Crippen molar-refractivity contribution in [2.45, 2.75) is 13.3 Å². The number of ketones is 1. The van der Waals surface area contributed by atoms with Crippen LogP contribution in [0.3, 0.4) is 0 Å². The fourth-order valence-corrected chi connectivity index (χ4v) is 2.61. The molecule has 0 bridgehead atoms. The highest BCUT2D eigenvalue weighted by molar-refractivity contribution is 6.00. The molecule has 0 atom stereocenters. The Morgan fingerprint density at radius 2 is 1.81 bits per heavy atom. The predicted octanol–water partition coefficient (Wildman–Crippen LogP) is 3.21. The standard InChI is InChI=1S/C18H15NO2/c1-13-6-2-3-10-16(13)17(20)12-15-8-4-7-14-9-5-11-19(21)18(14)15/h2-11H,12H2,1H3. The fraction of sp³-hybridized carbons (Fsp3) is 0.111. The number of hydrogen-bond acceptors (Lipinski definition) is 2. The molecule has 1 heterocycles. The summed E-state index contributed by atoms with van der Waals surface area (Å²) >= 11 is 0. The topological polar surface area (TPSA) is 44.0 Å². The largest absolute Gasteiger partial charge is 0.618 e. The Morgan fingerprint density at radius 1 is 1.05 bits per heavy atom. The Hall–Kier alpha value is -2.68. The molecule has 1 aromatic heterocycles. The summed E-state index contributed by atoms with van der Waals surface area (Å²) in [5.74, 6) is 0.0319. The van der Waals surface area contributed by atoms with E-state index in [-0.39, 0.29) is 12.2 Å². The minimum atomic E-state index is 0.0319. The van der Waals surface area contributed by atoms with Gasteiger partial charge in [-0.15, -0.1) is 0 Å². The minimum Gasteiger partial charge on any atom is -0.618 e. The number of carbonyl (C=O) groups is 1. The number of rotatable bonds is 3. The second-order valence-corrected chi connectivity index (χ2v) is 5.10. The fourth-order valence-electron chi connectivity index (χ4n) is 2.61.